The van der Waals surface area contributed by atoms with E-state index in [9.17, 15) is 4.79 Å². The summed E-state index contributed by atoms with van der Waals surface area (Å²) in [6.07, 6.45) is 3.45. The maximum Gasteiger partial charge on any atom is 0.331 e. The van der Waals surface area contributed by atoms with Gasteiger partial charge in [-0.15, -0.1) is 0 Å². The summed E-state index contributed by atoms with van der Waals surface area (Å²) in [7, 11) is 3.14. The first kappa shape index (κ1) is 14.9. The molecule has 0 aliphatic heterocycles. The third-order valence-corrected chi connectivity index (χ3v) is 4.13. The zero-order valence-corrected chi connectivity index (χ0v) is 12.4. The first-order valence-electron chi connectivity index (χ1n) is 7.06. The molecule has 0 spiro atoms. The fourth-order valence-corrected chi connectivity index (χ4v) is 2.94. The third kappa shape index (κ3) is 2.96. The highest BCUT2D eigenvalue weighted by molar-refractivity contribution is 5.85. The number of hydrogen-bond donors (Lipinski definition) is 1. The summed E-state index contributed by atoms with van der Waals surface area (Å²) in [5.74, 6) is -0.206. The van der Waals surface area contributed by atoms with Crippen molar-refractivity contribution in [1.29, 1.82) is 0 Å². The van der Waals surface area contributed by atoms with E-state index in [4.69, 9.17) is 9.47 Å². The Morgan fingerprint density at radius 1 is 1.35 bits per heavy atom. The van der Waals surface area contributed by atoms with E-state index in [1.54, 1.807) is 7.11 Å². The lowest BCUT2D eigenvalue weighted by Crippen LogP contribution is -2.52. The van der Waals surface area contributed by atoms with Crippen LogP contribution in [0.1, 0.15) is 31.2 Å². The number of carbonyl (C=O) groups is 1. The Balaban J connectivity index is 2.28. The van der Waals surface area contributed by atoms with E-state index < -0.39 is 5.54 Å². The molecule has 1 saturated carbocycles. The molecule has 4 nitrogen and oxygen atoms in total. The summed E-state index contributed by atoms with van der Waals surface area (Å²) < 4.78 is 10.5. The fraction of sp³-hybridized carbons (Fsp3) is 0.562. The van der Waals surface area contributed by atoms with Gasteiger partial charge in [0.1, 0.15) is 5.54 Å². The zero-order valence-electron chi connectivity index (χ0n) is 12.4. The van der Waals surface area contributed by atoms with Crippen molar-refractivity contribution in [3.05, 3.63) is 29.8 Å². The van der Waals surface area contributed by atoms with E-state index in [1.807, 2.05) is 31.2 Å². The van der Waals surface area contributed by atoms with Crippen LogP contribution in [0.4, 0.5) is 5.69 Å². The van der Waals surface area contributed by atoms with Gasteiger partial charge in [-0.25, -0.2) is 4.79 Å². The molecular weight excluding hydrogens is 254 g/mol. The predicted molar refractivity (Wildman–Crippen MR) is 78.8 cm³/mol. The molecule has 2 unspecified atom stereocenters. The third-order valence-electron chi connectivity index (χ3n) is 4.13. The van der Waals surface area contributed by atoms with Crippen LogP contribution in [0, 0.1) is 6.92 Å². The summed E-state index contributed by atoms with van der Waals surface area (Å²) in [6, 6.07) is 7.99. The lowest BCUT2D eigenvalue weighted by atomic mass is 9.79. The summed E-state index contributed by atoms with van der Waals surface area (Å²) in [5, 5.41) is 3.42. The average Bonchev–Trinajstić information content (AvgIpc) is 2.49. The van der Waals surface area contributed by atoms with Gasteiger partial charge in [-0.3, -0.25) is 0 Å². The van der Waals surface area contributed by atoms with Crippen molar-refractivity contribution < 1.29 is 14.3 Å². The van der Waals surface area contributed by atoms with Crippen LogP contribution in [0.2, 0.25) is 0 Å². The molecule has 0 heterocycles. The Morgan fingerprint density at radius 3 is 2.75 bits per heavy atom. The number of methoxy groups -OCH3 is 2. The minimum absolute atomic E-state index is 0.0966. The number of ether oxygens (including phenoxy) is 2. The molecule has 110 valence electrons. The van der Waals surface area contributed by atoms with E-state index in [2.05, 4.69) is 5.32 Å². The molecule has 1 fully saturated rings. The molecule has 20 heavy (non-hydrogen) atoms. The SMILES string of the molecule is COC(=O)C1(Nc2ccccc2C)CCCC(OC)C1. The molecule has 1 aliphatic carbocycles. The molecule has 4 heteroatoms. The Kier molecular flexibility index (Phi) is 4.65. The van der Waals surface area contributed by atoms with Gasteiger partial charge in [0.25, 0.3) is 0 Å². The Morgan fingerprint density at radius 2 is 2.10 bits per heavy atom. The van der Waals surface area contributed by atoms with Crippen molar-refractivity contribution in [3.8, 4) is 0 Å². The number of anilines is 1. The van der Waals surface area contributed by atoms with Crippen LogP contribution in [0.15, 0.2) is 24.3 Å². The molecule has 1 N–H and O–H groups in total. The first-order valence-corrected chi connectivity index (χ1v) is 7.06. The Bertz CT molecular complexity index is 475. The lowest BCUT2D eigenvalue weighted by Gasteiger charge is -2.39. The van der Waals surface area contributed by atoms with Gasteiger partial charge in [0, 0.05) is 19.2 Å². The number of para-hydroxylation sites is 1. The zero-order chi connectivity index (χ0) is 14.6. The summed E-state index contributed by atoms with van der Waals surface area (Å²) in [4.78, 5) is 12.3. The van der Waals surface area contributed by atoms with Gasteiger partial charge in [-0.05, 0) is 37.8 Å². The molecule has 1 aromatic carbocycles. The summed E-state index contributed by atoms with van der Waals surface area (Å²) in [6.45, 7) is 2.03. The van der Waals surface area contributed by atoms with Crippen LogP contribution < -0.4 is 5.32 Å². The van der Waals surface area contributed by atoms with E-state index >= 15 is 0 Å². The van der Waals surface area contributed by atoms with Gasteiger partial charge in [0.2, 0.25) is 0 Å². The van der Waals surface area contributed by atoms with Crippen molar-refractivity contribution in [3.63, 3.8) is 0 Å². The van der Waals surface area contributed by atoms with Crippen LogP contribution in [0.25, 0.3) is 0 Å². The molecule has 0 saturated heterocycles. The largest absolute Gasteiger partial charge is 0.467 e. The molecule has 0 aromatic heterocycles. The minimum Gasteiger partial charge on any atom is -0.467 e. The molecule has 0 radical (unpaired) electrons. The number of hydrogen-bond acceptors (Lipinski definition) is 4. The molecule has 2 atom stereocenters. The van der Waals surface area contributed by atoms with Crippen LogP contribution in [0.5, 0.6) is 0 Å². The Hall–Kier alpha value is -1.55. The second kappa shape index (κ2) is 6.27. The number of esters is 1. The molecule has 0 amide bonds. The van der Waals surface area contributed by atoms with Crippen molar-refractivity contribution in [2.24, 2.45) is 0 Å². The van der Waals surface area contributed by atoms with Crippen molar-refractivity contribution >= 4 is 11.7 Å². The van der Waals surface area contributed by atoms with Crippen molar-refractivity contribution in [2.75, 3.05) is 19.5 Å². The minimum atomic E-state index is -0.681. The van der Waals surface area contributed by atoms with Gasteiger partial charge >= 0.3 is 5.97 Å². The summed E-state index contributed by atoms with van der Waals surface area (Å²) >= 11 is 0. The van der Waals surface area contributed by atoms with Crippen LogP contribution in [-0.2, 0) is 14.3 Å². The highest BCUT2D eigenvalue weighted by Crippen LogP contribution is 2.35. The normalized spacial score (nSPS) is 26.1. The first-order chi connectivity index (χ1) is 9.61. The van der Waals surface area contributed by atoms with Gasteiger partial charge in [0.15, 0.2) is 0 Å². The van der Waals surface area contributed by atoms with Gasteiger partial charge in [-0.2, -0.15) is 0 Å². The number of rotatable bonds is 4. The highest BCUT2D eigenvalue weighted by Gasteiger charge is 2.44. The van der Waals surface area contributed by atoms with E-state index in [0.717, 1.165) is 30.5 Å². The van der Waals surface area contributed by atoms with Crippen LogP contribution in [0.3, 0.4) is 0 Å². The molecule has 2 rings (SSSR count). The maximum absolute atomic E-state index is 12.3. The monoisotopic (exact) mass is 277 g/mol. The Labute approximate surface area is 120 Å². The fourth-order valence-electron chi connectivity index (χ4n) is 2.94. The van der Waals surface area contributed by atoms with Gasteiger partial charge in [-0.1, -0.05) is 18.2 Å². The van der Waals surface area contributed by atoms with E-state index in [1.165, 1.54) is 7.11 Å². The molecule has 1 aromatic rings. The summed E-state index contributed by atoms with van der Waals surface area (Å²) in [5.41, 5.74) is 1.42. The molecular formula is C16H23NO3. The van der Waals surface area contributed by atoms with Gasteiger partial charge < -0.3 is 14.8 Å². The predicted octanol–water partition coefficient (Wildman–Crippen LogP) is 2.91. The number of aryl methyl sites for hydroxylation is 1. The van der Waals surface area contributed by atoms with E-state index in [-0.39, 0.29) is 12.1 Å². The quantitative estimate of drug-likeness (QED) is 0.860. The van der Waals surface area contributed by atoms with Crippen molar-refractivity contribution in [2.45, 2.75) is 44.2 Å². The second-order valence-electron chi connectivity index (χ2n) is 5.47. The topological polar surface area (TPSA) is 47.6 Å². The standard InChI is InChI=1S/C16H23NO3/c1-12-7-4-5-9-14(12)17-16(15(18)20-3)10-6-8-13(11-16)19-2/h4-5,7,9,13,17H,6,8,10-11H2,1-3H3. The average molecular weight is 277 g/mol. The maximum atomic E-state index is 12.3. The number of carbonyl (C=O) groups excluding carboxylic acids is 1. The van der Waals surface area contributed by atoms with Crippen molar-refractivity contribution in [1.82, 2.24) is 0 Å². The van der Waals surface area contributed by atoms with Crippen LogP contribution in [-0.4, -0.2) is 31.8 Å². The van der Waals surface area contributed by atoms with Crippen LogP contribution >= 0.6 is 0 Å². The smallest absolute Gasteiger partial charge is 0.331 e. The number of nitrogens with one attached hydrogen (secondary N) is 1. The van der Waals surface area contributed by atoms with E-state index in [0.29, 0.717) is 6.42 Å². The van der Waals surface area contributed by atoms with Gasteiger partial charge in [0.05, 0.1) is 13.2 Å². The lowest BCUT2D eigenvalue weighted by molar-refractivity contribution is -0.149. The second-order valence-corrected chi connectivity index (χ2v) is 5.47. The number of benzene rings is 1. The molecule has 1 aliphatic rings. The molecule has 0 bridgehead atoms. The highest BCUT2D eigenvalue weighted by atomic mass is 16.5.